The molecule has 0 aromatic carbocycles. The molecule has 0 aliphatic carbocycles. The molecule has 1 aromatic heterocycles. The standard InChI is InChI=1S/C9H13N3O4/c10-7-1-2-12(9(15)11-7)8-3-5(14)6(4-13)16-8/h1-2,5-6,8,13-14H,3-4H2,(H2,10,11,15)/t5?,6?,8-/m1/s1. The van der Waals surface area contributed by atoms with Crippen molar-refractivity contribution in [3.8, 4) is 0 Å². The van der Waals surface area contributed by atoms with E-state index in [2.05, 4.69) is 4.98 Å². The molecule has 0 saturated carbocycles. The molecule has 7 heteroatoms. The fraction of sp³-hybridized carbons (Fsp3) is 0.556. The van der Waals surface area contributed by atoms with Crippen LogP contribution in [0.25, 0.3) is 0 Å². The van der Waals surface area contributed by atoms with E-state index in [1.165, 1.54) is 16.8 Å². The number of nitrogen functional groups attached to an aromatic ring is 1. The summed E-state index contributed by atoms with van der Waals surface area (Å²) in [6.07, 6.45) is -0.333. The van der Waals surface area contributed by atoms with Crippen molar-refractivity contribution in [1.82, 2.24) is 9.55 Å². The van der Waals surface area contributed by atoms with Gasteiger partial charge in [-0.05, 0) is 6.07 Å². The molecule has 2 heterocycles. The van der Waals surface area contributed by atoms with Gasteiger partial charge >= 0.3 is 5.69 Å². The third-order valence-corrected chi connectivity index (χ3v) is 2.55. The van der Waals surface area contributed by atoms with Gasteiger partial charge in [-0.3, -0.25) is 4.57 Å². The summed E-state index contributed by atoms with van der Waals surface area (Å²) in [5.41, 5.74) is 4.82. The summed E-state index contributed by atoms with van der Waals surface area (Å²) < 4.78 is 6.56. The van der Waals surface area contributed by atoms with Crippen LogP contribution >= 0.6 is 0 Å². The Morgan fingerprint density at radius 2 is 2.44 bits per heavy atom. The first kappa shape index (κ1) is 11.1. The lowest BCUT2D eigenvalue weighted by atomic mass is 10.2. The molecule has 2 rings (SSSR count). The summed E-state index contributed by atoms with van der Waals surface area (Å²) in [5.74, 6) is 0.138. The van der Waals surface area contributed by atoms with Gasteiger partial charge in [-0.1, -0.05) is 0 Å². The van der Waals surface area contributed by atoms with Crippen LogP contribution in [0.4, 0.5) is 5.82 Å². The second-order valence-corrected chi connectivity index (χ2v) is 3.66. The van der Waals surface area contributed by atoms with Crippen molar-refractivity contribution in [1.29, 1.82) is 0 Å². The predicted octanol–water partition coefficient (Wildman–Crippen LogP) is -1.53. The van der Waals surface area contributed by atoms with E-state index in [0.29, 0.717) is 0 Å². The van der Waals surface area contributed by atoms with Gasteiger partial charge in [-0.2, -0.15) is 4.98 Å². The van der Waals surface area contributed by atoms with Crippen LogP contribution in [0, 0.1) is 0 Å². The van der Waals surface area contributed by atoms with Crippen LogP contribution in [0.3, 0.4) is 0 Å². The third kappa shape index (κ3) is 1.92. The van der Waals surface area contributed by atoms with Gasteiger partial charge in [0.15, 0.2) is 0 Å². The van der Waals surface area contributed by atoms with Crippen LogP contribution in [0.1, 0.15) is 12.6 Å². The lowest BCUT2D eigenvalue weighted by Gasteiger charge is -2.13. The van der Waals surface area contributed by atoms with E-state index < -0.39 is 24.1 Å². The maximum Gasteiger partial charge on any atom is 0.351 e. The van der Waals surface area contributed by atoms with Crippen molar-refractivity contribution >= 4 is 5.82 Å². The van der Waals surface area contributed by atoms with Crippen LogP contribution in [0.2, 0.25) is 0 Å². The first-order valence-corrected chi connectivity index (χ1v) is 4.91. The van der Waals surface area contributed by atoms with Gasteiger partial charge < -0.3 is 20.7 Å². The average molecular weight is 227 g/mol. The van der Waals surface area contributed by atoms with Crippen molar-refractivity contribution in [2.45, 2.75) is 24.9 Å². The molecule has 16 heavy (non-hydrogen) atoms. The Morgan fingerprint density at radius 3 is 3.00 bits per heavy atom. The number of aliphatic hydroxyl groups excluding tert-OH is 2. The third-order valence-electron chi connectivity index (χ3n) is 2.55. The number of hydrogen-bond acceptors (Lipinski definition) is 6. The van der Waals surface area contributed by atoms with Gasteiger partial charge in [0.1, 0.15) is 18.1 Å². The maximum atomic E-state index is 11.5. The summed E-state index contributed by atoms with van der Waals surface area (Å²) in [6.45, 7) is -0.283. The van der Waals surface area contributed by atoms with Crippen LogP contribution in [-0.4, -0.2) is 38.6 Å². The lowest BCUT2D eigenvalue weighted by molar-refractivity contribution is -0.0458. The molecular formula is C9H13N3O4. The van der Waals surface area contributed by atoms with Gasteiger partial charge in [0.05, 0.1) is 12.7 Å². The molecule has 4 N–H and O–H groups in total. The summed E-state index contributed by atoms with van der Waals surface area (Å²) in [7, 11) is 0. The van der Waals surface area contributed by atoms with E-state index in [9.17, 15) is 9.90 Å². The molecule has 88 valence electrons. The van der Waals surface area contributed by atoms with E-state index in [4.69, 9.17) is 15.6 Å². The summed E-state index contributed by atoms with van der Waals surface area (Å²) in [6, 6.07) is 1.48. The van der Waals surface area contributed by atoms with E-state index in [1.807, 2.05) is 0 Å². The summed E-state index contributed by atoms with van der Waals surface area (Å²) in [4.78, 5) is 15.0. The van der Waals surface area contributed by atoms with Crippen LogP contribution in [-0.2, 0) is 4.74 Å². The highest BCUT2D eigenvalue weighted by Gasteiger charge is 2.34. The number of aliphatic hydroxyl groups is 2. The van der Waals surface area contributed by atoms with Crippen molar-refractivity contribution < 1.29 is 14.9 Å². The average Bonchev–Trinajstić information content (AvgIpc) is 2.59. The zero-order valence-corrected chi connectivity index (χ0v) is 8.48. The number of nitrogens with zero attached hydrogens (tertiary/aromatic N) is 2. The monoisotopic (exact) mass is 227 g/mol. The first-order valence-electron chi connectivity index (χ1n) is 4.91. The molecular weight excluding hydrogens is 214 g/mol. The quantitative estimate of drug-likeness (QED) is 0.565. The van der Waals surface area contributed by atoms with Gasteiger partial charge in [0, 0.05) is 12.6 Å². The van der Waals surface area contributed by atoms with Gasteiger partial charge in [-0.25, -0.2) is 4.79 Å². The van der Waals surface area contributed by atoms with Gasteiger partial charge in [-0.15, -0.1) is 0 Å². The smallest absolute Gasteiger partial charge is 0.351 e. The summed E-state index contributed by atoms with van der Waals surface area (Å²) in [5, 5.41) is 18.4. The Morgan fingerprint density at radius 1 is 1.69 bits per heavy atom. The molecule has 7 nitrogen and oxygen atoms in total. The number of anilines is 1. The number of hydrogen-bond donors (Lipinski definition) is 3. The fourth-order valence-electron chi connectivity index (χ4n) is 1.70. The topological polar surface area (TPSA) is 111 Å². The highest BCUT2D eigenvalue weighted by atomic mass is 16.5. The zero-order chi connectivity index (χ0) is 11.7. The molecule has 0 bridgehead atoms. The Bertz CT molecular complexity index is 433. The molecule has 1 aliphatic rings. The minimum Gasteiger partial charge on any atom is -0.394 e. The largest absolute Gasteiger partial charge is 0.394 e. The molecule has 0 spiro atoms. The van der Waals surface area contributed by atoms with Crippen molar-refractivity contribution in [2.75, 3.05) is 12.3 Å². The fourth-order valence-corrected chi connectivity index (χ4v) is 1.70. The highest BCUT2D eigenvalue weighted by molar-refractivity contribution is 5.23. The minimum absolute atomic E-state index is 0.138. The number of aromatic nitrogens is 2. The molecule has 0 amide bonds. The van der Waals surface area contributed by atoms with Gasteiger partial charge in [0.25, 0.3) is 0 Å². The second-order valence-electron chi connectivity index (χ2n) is 3.66. The zero-order valence-electron chi connectivity index (χ0n) is 8.48. The number of ether oxygens (including phenoxy) is 1. The SMILES string of the molecule is Nc1ccn([C@H]2CC(O)C(CO)O2)c(=O)n1. The number of nitrogens with two attached hydrogens (primary N) is 1. The highest BCUT2D eigenvalue weighted by Crippen LogP contribution is 2.27. The van der Waals surface area contributed by atoms with Crippen LogP contribution in [0.15, 0.2) is 17.1 Å². The minimum atomic E-state index is -0.778. The lowest BCUT2D eigenvalue weighted by Crippen LogP contribution is -2.27. The van der Waals surface area contributed by atoms with E-state index in [0.717, 1.165) is 0 Å². The normalized spacial score (nSPS) is 29.5. The molecule has 1 fully saturated rings. The maximum absolute atomic E-state index is 11.5. The first-order chi connectivity index (χ1) is 7.61. The molecule has 1 aromatic rings. The van der Waals surface area contributed by atoms with E-state index in [1.54, 1.807) is 0 Å². The van der Waals surface area contributed by atoms with Crippen LogP contribution in [0.5, 0.6) is 0 Å². The molecule has 0 radical (unpaired) electrons. The Balaban J connectivity index is 2.23. The molecule has 1 aliphatic heterocycles. The Kier molecular flexibility index (Phi) is 2.90. The second kappa shape index (κ2) is 4.20. The predicted molar refractivity (Wildman–Crippen MR) is 54.5 cm³/mol. The van der Waals surface area contributed by atoms with Crippen LogP contribution < -0.4 is 11.4 Å². The van der Waals surface area contributed by atoms with Crippen molar-refractivity contribution in [3.05, 3.63) is 22.7 Å². The summed E-state index contributed by atoms with van der Waals surface area (Å²) >= 11 is 0. The number of rotatable bonds is 2. The Labute approximate surface area is 91.1 Å². The van der Waals surface area contributed by atoms with E-state index in [-0.39, 0.29) is 18.8 Å². The molecule has 1 saturated heterocycles. The molecule has 2 unspecified atom stereocenters. The Hall–Kier alpha value is -1.44. The molecule has 3 atom stereocenters. The van der Waals surface area contributed by atoms with Crippen molar-refractivity contribution in [3.63, 3.8) is 0 Å². The van der Waals surface area contributed by atoms with E-state index >= 15 is 0 Å². The van der Waals surface area contributed by atoms with Crippen molar-refractivity contribution in [2.24, 2.45) is 0 Å². The van der Waals surface area contributed by atoms with Gasteiger partial charge in [0.2, 0.25) is 0 Å².